The van der Waals surface area contributed by atoms with Crippen LogP contribution in [0.2, 0.25) is 0 Å². The zero-order valence-corrected chi connectivity index (χ0v) is 9.14. The van der Waals surface area contributed by atoms with Gasteiger partial charge >= 0.3 is 0 Å². The normalized spacial score (nSPS) is 10.2. The molecule has 0 N–H and O–H groups in total. The first-order valence-corrected chi connectivity index (χ1v) is 5.13. The molecule has 0 aliphatic rings. The van der Waals surface area contributed by atoms with Crippen molar-refractivity contribution >= 4 is 6.29 Å². The van der Waals surface area contributed by atoms with Crippen molar-refractivity contribution in [3.63, 3.8) is 0 Å². The molecule has 0 unspecified atom stereocenters. The summed E-state index contributed by atoms with van der Waals surface area (Å²) in [7, 11) is 0. The third-order valence-corrected chi connectivity index (χ3v) is 2.42. The monoisotopic (exact) mass is 230 g/mol. The highest BCUT2D eigenvalue weighted by molar-refractivity contribution is 5.86. The quantitative estimate of drug-likeness (QED) is 0.598. The van der Waals surface area contributed by atoms with E-state index < -0.39 is 5.82 Å². The number of benzene rings is 1. The number of hydrogen-bond donors (Lipinski definition) is 0. The molecule has 86 valence electrons. The van der Waals surface area contributed by atoms with Crippen molar-refractivity contribution in [1.29, 1.82) is 0 Å². The van der Waals surface area contributed by atoms with Gasteiger partial charge in [0.25, 0.3) is 0 Å². The van der Waals surface area contributed by atoms with Gasteiger partial charge in [-0.3, -0.25) is 4.79 Å². The van der Waals surface area contributed by atoms with Crippen molar-refractivity contribution in [1.82, 2.24) is 9.55 Å². The van der Waals surface area contributed by atoms with E-state index in [0.717, 1.165) is 0 Å². The van der Waals surface area contributed by atoms with Crippen LogP contribution in [0.5, 0.6) is 0 Å². The van der Waals surface area contributed by atoms with Gasteiger partial charge in [0.05, 0.1) is 17.6 Å². The van der Waals surface area contributed by atoms with Crippen molar-refractivity contribution in [2.45, 2.75) is 6.54 Å². The third-order valence-electron chi connectivity index (χ3n) is 2.42. The van der Waals surface area contributed by atoms with Crippen LogP contribution in [-0.4, -0.2) is 15.8 Å². The van der Waals surface area contributed by atoms with Gasteiger partial charge in [-0.05, 0) is 6.07 Å². The average molecular weight is 230 g/mol. The summed E-state index contributed by atoms with van der Waals surface area (Å²) in [5.41, 5.74) is 1.12. The fourth-order valence-electron chi connectivity index (χ4n) is 1.63. The number of aldehydes is 1. The van der Waals surface area contributed by atoms with Crippen LogP contribution in [0.1, 0.15) is 10.4 Å². The SMILES string of the molecule is C=CCn1cnc(-c2cccc(F)c2C=O)c1. The van der Waals surface area contributed by atoms with E-state index in [1.807, 2.05) is 4.57 Å². The predicted molar refractivity (Wildman–Crippen MR) is 63.2 cm³/mol. The van der Waals surface area contributed by atoms with Crippen LogP contribution in [0.4, 0.5) is 4.39 Å². The van der Waals surface area contributed by atoms with E-state index >= 15 is 0 Å². The summed E-state index contributed by atoms with van der Waals surface area (Å²) in [6.45, 7) is 4.24. The Bertz CT molecular complexity index is 560. The molecule has 1 heterocycles. The topological polar surface area (TPSA) is 34.9 Å². The third kappa shape index (κ3) is 2.15. The molecular formula is C13H11FN2O. The lowest BCUT2D eigenvalue weighted by atomic mass is 10.1. The number of carbonyl (C=O) groups is 1. The standard InChI is InChI=1S/C13H11FN2O/c1-2-6-16-7-13(15-9-16)10-4-3-5-12(14)11(10)8-17/h2-5,7-9H,1,6H2. The predicted octanol–water partition coefficient (Wildman–Crippen LogP) is 2.69. The van der Waals surface area contributed by atoms with Gasteiger partial charge in [-0.2, -0.15) is 0 Å². The van der Waals surface area contributed by atoms with Crippen molar-refractivity contribution in [2.24, 2.45) is 0 Å². The smallest absolute Gasteiger partial charge is 0.153 e. The van der Waals surface area contributed by atoms with Gasteiger partial charge in [0.15, 0.2) is 6.29 Å². The molecule has 0 bridgehead atoms. The molecule has 17 heavy (non-hydrogen) atoms. The Morgan fingerprint density at radius 1 is 1.47 bits per heavy atom. The van der Waals surface area contributed by atoms with Crippen molar-refractivity contribution in [3.05, 3.63) is 54.8 Å². The first kappa shape index (κ1) is 11.3. The molecule has 1 aromatic heterocycles. The summed E-state index contributed by atoms with van der Waals surface area (Å²) in [4.78, 5) is 15.0. The van der Waals surface area contributed by atoms with Gasteiger partial charge in [0, 0.05) is 18.3 Å². The molecule has 0 aliphatic heterocycles. The highest BCUT2D eigenvalue weighted by Crippen LogP contribution is 2.22. The highest BCUT2D eigenvalue weighted by Gasteiger charge is 2.11. The number of rotatable bonds is 4. The molecule has 2 aromatic rings. The average Bonchev–Trinajstić information content (AvgIpc) is 2.78. The second-order valence-corrected chi connectivity index (χ2v) is 3.56. The minimum Gasteiger partial charge on any atom is -0.333 e. The molecule has 0 spiro atoms. The van der Waals surface area contributed by atoms with Gasteiger partial charge in [-0.1, -0.05) is 18.2 Å². The first-order chi connectivity index (χ1) is 8.26. The number of nitrogens with zero attached hydrogens (tertiary/aromatic N) is 2. The van der Waals surface area contributed by atoms with Crippen LogP contribution >= 0.6 is 0 Å². The largest absolute Gasteiger partial charge is 0.333 e. The molecule has 4 heteroatoms. The number of allylic oxidation sites excluding steroid dienone is 1. The van der Waals surface area contributed by atoms with Crippen molar-refractivity contribution in [3.8, 4) is 11.3 Å². The van der Waals surface area contributed by atoms with Crippen LogP contribution in [0.3, 0.4) is 0 Å². The van der Waals surface area contributed by atoms with Crippen molar-refractivity contribution < 1.29 is 9.18 Å². The Morgan fingerprint density at radius 2 is 2.29 bits per heavy atom. The Balaban J connectivity index is 2.48. The summed E-state index contributed by atoms with van der Waals surface area (Å²) in [5.74, 6) is -0.532. The van der Waals surface area contributed by atoms with Crippen LogP contribution in [0.25, 0.3) is 11.3 Å². The van der Waals surface area contributed by atoms with Crippen LogP contribution in [-0.2, 0) is 6.54 Å². The number of imidazole rings is 1. The Hall–Kier alpha value is -2.23. The Morgan fingerprint density at radius 3 is 3.00 bits per heavy atom. The maximum atomic E-state index is 13.4. The number of carbonyl (C=O) groups excluding carboxylic acids is 1. The van der Waals surface area contributed by atoms with Crippen LogP contribution in [0, 0.1) is 5.82 Å². The lowest BCUT2D eigenvalue weighted by Gasteiger charge is -2.01. The number of aromatic nitrogens is 2. The lowest BCUT2D eigenvalue weighted by Crippen LogP contribution is -1.93. The van der Waals surface area contributed by atoms with Crippen LogP contribution < -0.4 is 0 Å². The molecule has 0 radical (unpaired) electrons. The van der Waals surface area contributed by atoms with E-state index in [1.165, 1.54) is 6.07 Å². The van der Waals surface area contributed by atoms with E-state index in [2.05, 4.69) is 11.6 Å². The lowest BCUT2D eigenvalue weighted by molar-refractivity contribution is 0.112. The zero-order chi connectivity index (χ0) is 12.3. The van der Waals surface area contributed by atoms with Crippen LogP contribution in [0.15, 0.2) is 43.4 Å². The maximum Gasteiger partial charge on any atom is 0.153 e. The molecule has 0 saturated carbocycles. The van der Waals surface area contributed by atoms with Gasteiger partial charge in [0.2, 0.25) is 0 Å². The summed E-state index contributed by atoms with van der Waals surface area (Å²) in [6, 6.07) is 4.49. The molecule has 3 nitrogen and oxygen atoms in total. The molecule has 2 rings (SSSR count). The molecular weight excluding hydrogens is 219 g/mol. The highest BCUT2D eigenvalue weighted by atomic mass is 19.1. The molecule has 0 aliphatic carbocycles. The molecule has 0 atom stereocenters. The summed E-state index contributed by atoms with van der Waals surface area (Å²) < 4.78 is 15.2. The number of halogens is 1. The minimum atomic E-state index is -0.532. The molecule has 0 fully saturated rings. The summed E-state index contributed by atoms with van der Waals surface area (Å²) in [6.07, 6.45) is 5.62. The van der Waals surface area contributed by atoms with Gasteiger partial charge in [-0.25, -0.2) is 9.37 Å². The fraction of sp³-hybridized carbons (Fsp3) is 0.0769. The minimum absolute atomic E-state index is 0.0383. The van der Waals surface area contributed by atoms with Gasteiger partial charge in [0.1, 0.15) is 5.82 Å². The Labute approximate surface area is 98.2 Å². The van der Waals surface area contributed by atoms with E-state index in [4.69, 9.17) is 0 Å². The molecule has 0 amide bonds. The van der Waals surface area contributed by atoms with E-state index in [9.17, 15) is 9.18 Å². The van der Waals surface area contributed by atoms with E-state index in [1.54, 1.807) is 30.7 Å². The summed E-state index contributed by atoms with van der Waals surface area (Å²) >= 11 is 0. The summed E-state index contributed by atoms with van der Waals surface area (Å²) in [5, 5.41) is 0. The number of hydrogen-bond acceptors (Lipinski definition) is 2. The maximum absolute atomic E-state index is 13.4. The van der Waals surface area contributed by atoms with E-state index in [-0.39, 0.29) is 5.56 Å². The second-order valence-electron chi connectivity index (χ2n) is 3.56. The second kappa shape index (κ2) is 4.74. The van der Waals surface area contributed by atoms with Gasteiger partial charge in [-0.15, -0.1) is 6.58 Å². The zero-order valence-electron chi connectivity index (χ0n) is 9.14. The fourth-order valence-corrected chi connectivity index (χ4v) is 1.63. The molecule has 0 saturated heterocycles. The first-order valence-electron chi connectivity index (χ1n) is 5.13. The van der Waals surface area contributed by atoms with E-state index in [0.29, 0.717) is 24.1 Å². The Kier molecular flexibility index (Phi) is 3.14. The van der Waals surface area contributed by atoms with Crippen molar-refractivity contribution in [2.75, 3.05) is 0 Å². The molecule has 1 aromatic carbocycles. The van der Waals surface area contributed by atoms with Gasteiger partial charge < -0.3 is 4.57 Å².